The molecule has 0 aromatic heterocycles. The standard InChI is InChI=1S/C15H15NO6/c1-3-6-16-14(18)9-22-15(19)10-21-12-5-4-11(8-17)7-13(12)20-2/h1,4-5,7-8H,6,9-10H2,2H3,(H,16,18). The Morgan fingerprint density at radius 2 is 2.09 bits per heavy atom. The van der Waals surface area contributed by atoms with Crippen LogP contribution < -0.4 is 14.8 Å². The second-order valence-corrected chi connectivity index (χ2v) is 3.96. The van der Waals surface area contributed by atoms with E-state index in [4.69, 9.17) is 20.6 Å². The van der Waals surface area contributed by atoms with Crippen molar-refractivity contribution in [2.45, 2.75) is 0 Å². The average molecular weight is 305 g/mol. The molecule has 7 heteroatoms. The van der Waals surface area contributed by atoms with Crippen LogP contribution >= 0.6 is 0 Å². The lowest BCUT2D eigenvalue weighted by Crippen LogP contribution is -2.30. The van der Waals surface area contributed by atoms with Crippen molar-refractivity contribution in [3.05, 3.63) is 23.8 Å². The van der Waals surface area contributed by atoms with E-state index in [1.165, 1.54) is 25.3 Å². The van der Waals surface area contributed by atoms with Crippen molar-refractivity contribution in [1.82, 2.24) is 5.32 Å². The Hall–Kier alpha value is -3.01. The summed E-state index contributed by atoms with van der Waals surface area (Å²) in [6.45, 7) is -0.780. The molecule has 1 rings (SSSR count). The number of nitrogens with one attached hydrogen (secondary N) is 1. The number of hydrogen-bond donors (Lipinski definition) is 1. The van der Waals surface area contributed by atoms with Crippen LogP contribution in [0.25, 0.3) is 0 Å². The van der Waals surface area contributed by atoms with E-state index >= 15 is 0 Å². The van der Waals surface area contributed by atoms with Crippen molar-refractivity contribution in [2.75, 3.05) is 26.9 Å². The molecule has 22 heavy (non-hydrogen) atoms. The maximum absolute atomic E-state index is 11.5. The van der Waals surface area contributed by atoms with Gasteiger partial charge < -0.3 is 19.5 Å². The Kier molecular flexibility index (Phi) is 6.99. The van der Waals surface area contributed by atoms with Gasteiger partial charge in [-0.3, -0.25) is 9.59 Å². The fourth-order valence-electron chi connectivity index (χ4n) is 1.40. The van der Waals surface area contributed by atoms with E-state index in [0.717, 1.165) is 0 Å². The SMILES string of the molecule is C#CCNC(=O)COC(=O)COc1ccc(C=O)cc1OC. The molecular formula is C15H15NO6. The molecule has 0 atom stereocenters. The maximum Gasteiger partial charge on any atom is 0.344 e. The van der Waals surface area contributed by atoms with Crippen molar-refractivity contribution in [3.63, 3.8) is 0 Å². The molecule has 0 aliphatic carbocycles. The summed E-state index contributed by atoms with van der Waals surface area (Å²) in [5.74, 6) is 1.58. The highest BCUT2D eigenvalue weighted by Gasteiger charge is 2.11. The molecule has 0 aliphatic rings. The van der Waals surface area contributed by atoms with Gasteiger partial charge >= 0.3 is 5.97 Å². The molecule has 0 spiro atoms. The predicted molar refractivity (Wildman–Crippen MR) is 76.7 cm³/mol. The van der Waals surface area contributed by atoms with Crippen molar-refractivity contribution in [2.24, 2.45) is 0 Å². The van der Waals surface area contributed by atoms with Crippen LogP contribution in [0, 0.1) is 12.3 Å². The molecule has 0 saturated carbocycles. The molecule has 0 bridgehead atoms. The van der Waals surface area contributed by atoms with Gasteiger partial charge in [-0.15, -0.1) is 6.42 Å². The minimum absolute atomic E-state index is 0.0627. The topological polar surface area (TPSA) is 90.9 Å². The molecule has 0 fully saturated rings. The van der Waals surface area contributed by atoms with Gasteiger partial charge in [0, 0.05) is 5.56 Å². The third kappa shape index (κ3) is 5.54. The molecule has 0 aliphatic heterocycles. The molecule has 0 heterocycles. The van der Waals surface area contributed by atoms with Crippen LogP contribution in [0.1, 0.15) is 10.4 Å². The minimum atomic E-state index is -0.725. The van der Waals surface area contributed by atoms with Crippen LogP contribution in [-0.4, -0.2) is 45.0 Å². The van der Waals surface area contributed by atoms with Gasteiger partial charge in [-0.1, -0.05) is 5.92 Å². The van der Waals surface area contributed by atoms with Gasteiger partial charge in [-0.05, 0) is 18.2 Å². The normalized spacial score (nSPS) is 9.27. The minimum Gasteiger partial charge on any atom is -0.493 e. The summed E-state index contributed by atoms with van der Waals surface area (Å²) in [6.07, 6.45) is 5.63. The van der Waals surface area contributed by atoms with Gasteiger partial charge in [0.15, 0.2) is 24.7 Å². The molecule has 116 valence electrons. The maximum atomic E-state index is 11.5. The summed E-state index contributed by atoms with van der Waals surface area (Å²) in [7, 11) is 1.41. The second-order valence-electron chi connectivity index (χ2n) is 3.96. The van der Waals surface area contributed by atoms with E-state index in [2.05, 4.69) is 11.2 Å². The van der Waals surface area contributed by atoms with E-state index in [-0.39, 0.29) is 12.3 Å². The van der Waals surface area contributed by atoms with Gasteiger partial charge in [-0.2, -0.15) is 0 Å². The number of amides is 1. The monoisotopic (exact) mass is 305 g/mol. The number of terminal acetylenes is 1. The first-order valence-corrected chi connectivity index (χ1v) is 6.22. The first-order chi connectivity index (χ1) is 10.6. The van der Waals surface area contributed by atoms with Gasteiger partial charge in [0.05, 0.1) is 13.7 Å². The number of esters is 1. The molecule has 1 aromatic rings. The van der Waals surface area contributed by atoms with Crippen LogP contribution in [0.4, 0.5) is 0 Å². The molecule has 0 unspecified atom stereocenters. The highest BCUT2D eigenvalue weighted by atomic mass is 16.6. The van der Waals surface area contributed by atoms with E-state index in [9.17, 15) is 14.4 Å². The summed E-state index contributed by atoms with van der Waals surface area (Å²) in [6, 6.07) is 4.49. The van der Waals surface area contributed by atoms with Crippen molar-refractivity contribution >= 4 is 18.2 Å². The number of carbonyl (C=O) groups is 3. The van der Waals surface area contributed by atoms with Crippen LogP contribution in [-0.2, 0) is 14.3 Å². The fourth-order valence-corrected chi connectivity index (χ4v) is 1.40. The molecule has 0 radical (unpaired) electrons. The lowest BCUT2D eigenvalue weighted by Gasteiger charge is -2.10. The zero-order valence-electron chi connectivity index (χ0n) is 12.0. The molecule has 7 nitrogen and oxygen atoms in total. The largest absolute Gasteiger partial charge is 0.493 e. The zero-order chi connectivity index (χ0) is 16.4. The first-order valence-electron chi connectivity index (χ1n) is 6.22. The molecule has 1 N–H and O–H groups in total. The Bertz CT molecular complexity index is 590. The summed E-state index contributed by atoms with van der Waals surface area (Å²) >= 11 is 0. The molecule has 1 aromatic carbocycles. The highest BCUT2D eigenvalue weighted by molar-refractivity contribution is 5.81. The third-order valence-corrected chi connectivity index (χ3v) is 2.42. The molecular weight excluding hydrogens is 290 g/mol. The average Bonchev–Trinajstić information content (AvgIpc) is 2.55. The number of ether oxygens (including phenoxy) is 3. The van der Waals surface area contributed by atoms with Gasteiger partial charge in [0.2, 0.25) is 0 Å². The Morgan fingerprint density at radius 3 is 2.73 bits per heavy atom. The van der Waals surface area contributed by atoms with E-state index < -0.39 is 25.1 Å². The number of carbonyl (C=O) groups excluding carboxylic acids is 3. The van der Waals surface area contributed by atoms with Crippen LogP contribution in [0.5, 0.6) is 11.5 Å². The van der Waals surface area contributed by atoms with Crippen LogP contribution in [0.2, 0.25) is 0 Å². The van der Waals surface area contributed by atoms with Crippen molar-refractivity contribution < 1.29 is 28.6 Å². The quantitative estimate of drug-likeness (QED) is 0.418. The van der Waals surface area contributed by atoms with Gasteiger partial charge in [0.25, 0.3) is 5.91 Å². The van der Waals surface area contributed by atoms with Gasteiger partial charge in [-0.25, -0.2) is 4.79 Å². The highest BCUT2D eigenvalue weighted by Crippen LogP contribution is 2.27. The molecule has 0 saturated heterocycles. The predicted octanol–water partition coefficient (Wildman–Crippen LogP) is 0.179. The number of hydrogen-bond acceptors (Lipinski definition) is 6. The third-order valence-electron chi connectivity index (χ3n) is 2.42. The van der Waals surface area contributed by atoms with E-state index in [1.54, 1.807) is 0 Å². The summed E-state index contributed by atoms with van der Waals surface area (Å²) in [5, 5.41) is 2.35. The van der Waals surface area contributed by atoms with E-state index in [1.807, 2.05) is 0 Å². The Labute approximate surface area is 127 Å². The zero-order valence-corrected chi connectivity index (χ0v) is 12.0. The molecule has 1 amide bonds. The first kappa shape index (κ1) is 17.0. The number of methoxy groups -OCH3 is 1. The summed E-state index contributed by atoms with van der Waals surface area (Å²) < 4.78 is 15.0. The van der Waals surface area contributed by atoms with Crippen molar-refractivity contribution in [1.29, 1.82) is 0 Å². The van der Waals surface area contributed by atoms with E-state index in [0.29, 0.717) is 17.6 Å². The lowest BCUT2D eigenvalue weighted by atomic mass is 10.2. The fraction of sp³-hybridized carbons (Fsp3) is 0.267. The van der Waals surface area contributed by atoms with Crippen molar-refractivity contribution in [3.8, 4) is 23.8 Å². The number of benzene rings is 1. The second kappa shape index (κ2) is 9.02. The lowest BCUT2D eigenvalue weighted by molar-refractivity contribution is -0.150. The Morgan fingerprint density at radius 1 is 1.32 bits per heavy atom. The summed E-state index contributed by atoms with van der Waals surface area (Å²) in [5.41, 5.74) is 0.414. The van der Waals surface area contributed by atoms with Crippen LogP contribution in [0.3, 0.4) is 0 Å². The smallest absolute Gasteiger partial charge is 0.344 e. The summed E-state index contributed by atoms with van der Waals surface area (Å²) in [4.78, 5) is 33.3. The van der Waals surface area contributed by atoms with Crippen LogP contribution in [0.15, 0.2) is 18.2 Å². The number of rotatable bonds is 8. The van der Waals surface area contributed by atoms with Gasteiger partial charge in [0.1, 0.15) is 6.29 Å². The Balaban J connectivity index is 2.46. The number of aldehydes is 1.